The highest BCUT2D eigenvalue weighted by Gasteiger charge is 2.23. The molecule has 1 aliphatic rings. The number of rotatable bonds is 4. The van der Waals surface area contributed by atoms with Crippen molar-refractivity contribution in [3.8, 4) is 22.4 Å². The number of hydrogen-bond acceptors (Lipinski definition) is 7. The summed E-state index contributed by atoms with van der Waals surface area (Å²) in [7, 11) is 0. The van der Waals surface area contributed by atoms with Crippen molar-refractivity contribution in [3.63, 3.8) is 0 Å². The number of nitrogens with zero attached hydrogens (tertiary/aromatic N) is 5. The minimum absolute atomic E-state index is 0.166. The maximum Gasteiger partial charge on any atom is 0.335 e. The third-order valence-electron chi connectivity index (χ3n) is 5.97. The van der Waals surface area contributed by atoms with E-state index in [9.17, 15) is 9.90 Å². The van der Waals surface area contributed by atoms with E-state index in [0.29, 0.717) is 17.6 Å². The second-order valence-corrected chi connectivity index (χ2v) is 8.06. The molecular weight excluding hydrogens is 422 g/mol. The standard InChI is InChI=1S/C24H19N5O4/c30-24(31)15-6-4-14(5-7-15)17-11-18-22(16-8-9-19-20(12-16)28-33-27-19)26-29(23(18)25-13-17)21-3-1-2-10-32-21/h4-9,11-13,21H,1-3,10H2,(H,30,31). The number of pyridine rings is 1. The zero-order valence-electron chi connectivity index (χ0n) is 17.5. The molecule has 164 valence electrons. The summed E-state index contributed by atoms with van der Waals surface area (Å²) in [6.07, 6.45) is 4.62. The lowest BCUT2D eigenvalue weighted by molar-refractivity contribution is -0.0368. The molecule has 1 unspecified atom stereocenters. The summed E-state index contributed by atoms with van der Waals surface area (Å²) < 4.78 is 12.7. The van der Waals surface area contributed by atoms with Gasteiger partial charge < -0.3 is 9.84 Å². The van der Waals surface area contributed by atoms with E-state index in [1.54, 1.807) is 30.5 Å². The molecule has 1 fully saturated rings. The summed E-state index contributed by atoms with van der Waals surface area (Å²) >= 11 is 0. The second-order valence-electron chi connectivity index (χ2n) is 8.06. The molecular formula is C24H19N5O4. The molecule has 0 spiro atoms. The fraction of sp³-hybridized carbons (Fsp3) is 0.208. The lowest BCUT2D eigenvalue weighted by Crippen LogP contribution is -2.19. The minimum Gasteiger partial charge on any atom is -0.478 e. The van der Waals surface area contributed by atoms with E-state index in [-0.39, 0.29) is 11.8 Å². The Balaban J connectivity index is 1.52. The zero-order chi connectivity index (χ0) is 22.4. The second kappa shape index (κ2) is 7.79. The number of aromatic carboxylic acids is 1. The molecule has 1 saturated heterocycles. The first kappa shape index (κ1) is 19.6. The van der Waals surface area contributed by atoms with Crippen LogP contribution in [0.4, 0.5) is 0 Å². The first-order valence-electron chi connectivity index (χ1n) is 10.7. The molecule has 0 aliphatic carbocycles. The van der Waals surface area contributed by atoms with Gasteiger partial charge in [0, 0.05) is 29.3 Å². The van der Waals surface area contributed by atoms with E-state index >= 15 is 0 Å². The maximum atomic E-state index is 11.2. The van der Waals surface area contributed by atoms with Crippen LogP contribution in [0.5, 0.6) is 0 Å². The summed E-state index contributed by atoms with van der Waals surface area (Å²) in [4.78, 5) is 15.9. The molecule has 1 aliphatic heterocycles. The van der Waals surface area contributed by atoms with Gasteiger partial charge in [0.25, 0.3) is 0 Å². The van der Waals surface area contributed by atoms with Gasteiger partial charge in [-0.05, 0) is 65.5 Å². The van der Waals surface area contributed by atoms with E-state index in [0.717, 1.165) is 52.7 Å². The molecule has 0 bridgehead atoms. The van der Waals surface area contributed by atoms with Crippen LogP contribution in [-0.2, 0) is 4.74 Å². The number of carboxylic acid groups (broad SMARTS) is 1. The Bertz CT molecular complexity index is 1480. The average Bonchev–Trinajstić information content (AvgIpc) is 3.48. The van der Waals surface area contributed by atoms with Gasteiger partial charge in [-0.2, -0.15) is 5.10 Å². The molecule has 1 N–H and O–H groups in total. The summed E-state index contributed by atoms with van der Waals surface area (Å²) in [5, 5.41) is 22.8. The normalized spacial score (nSPS) is 16.4. The predicted molar refractivity (Wildman–Crippen MR) is 120 cm³/mol. The zero-order valence-corrected chi connectivity index (χ0v) is 17.5. The van der Waals surface area contributed by atoms with Crippen LogP contribution in [0.2, 0.25) is 0 Å². The van der Waals surface area contributed by atoms with Crippen LogP contribution in [0.1, 0.15) is 35.8 Å². The van der Waals surface area contributed by atoms with Crippen LogP contribution in [0.25, 0.3) is 44.5 Å². The molecule has 9 heteroatoms. The fourth-order valence-electron chi connectivity index (χ4n) is 4.25. The minimum atomic E-state index is -0.955. The van der Waals surface area contributed by atoms with Gasteiger partial charge in [-0.15, -0.1) is 0 Å². The van der Waals surface area contributed by atoms with Gasteiger partial charge in [0.15, 0.2) is 11.9 Å². The molecule has 0 amide bonds. The highest BCUT2D eigenvalue weighted by molar-refractivity contribution is 5.96. The highest BCUT2D eigenvalue weighted by atomic mass is 16.6. The summed E-state index contributed by atoms with van der Waals surface area (Å²) in [6.45, 7) is 0.700. The SMILES string of the molecule is O=C(O)c1ccc(-c2cnc3c(c2)c(-c2ccc4nonc4c2)nn3C2CCCCO2)cc1. The van der Waals surface area contributed by atoms with Crippen molar-refractivity contribution in [2.45, 2.75) is 25.5 Å². The van der Waals surface area contributed by atoms with Crippen LogP contribution in [0.15, 0.2) is 59.4 Å². The Kier molecular flexibility index (Phi) is 4.62. The van der Waals surface area contributed by atoms with Gasteiger partial charge in [-0.3, -0.25) is 0 Å². The molecule has 0 radical (unpaired) electrons. The van der Waals surface area contributed by atoms with Gasteiger partial charge in [-0.25, -0.2) is 19.1 Å². The number of carbonyl (C=O) groups is 1. The fourth-order valence-corrected chi connectivity index (χ4v) is 4.25. The third kappa shape index (κ3) is 3.42. The van der Waals surface area contributed by atoms with Gasteiger partial charge in [0.05, 0.1) is 5.56 Å². The Morgan fingerprint density at radius 3 is 2.58 bits per heavy atom. The lowest BCUT2D eigenvalue weighted by atomic mass is 10.0. The molecule has 2 aromatic carbocycles. The van der Waals surface area contributed by atoms with Crippen molar-refractivity contribution < 1.29 is 19.3 Å². The van der Waals surface area contributed by atoms with Crippen LogP contribution in [-0.4, -0.2) is 42.8 Å². The molecule has 0 saturated carbocycles. The smallest absolute Gasteiger partial charge is 0.335 e. The van der Waals surface area contributed by atoms with Gasteiger partial charge >= 0.3 is 5.97 Å². The van der Waals surface area contributed by atoms with Crippen LogP contribution in [0, 0.1) is 0 Å². The topological polar surface area (TPSA) is 116 Å². The summed E-state index contributed by atoms with van der Waals surface area (Å²) in [5.74, 6) is -0.955. The van der Waals surface area contributed by atoms with Crippen molar-refractivity contribution in [1.29, 1.82) is 0 Å². The molecule has 6 rings (SSSR count). The molecule has 5 aromatic rings. The largest absolute Gasteiger partial charge is 0.478 e. The Morgan fingerprint density at radius 2 is 1.79 bits per heavy atom. The quantitative estimate of drug-likeness (QED) is 0.427. The first-order valence-corrected chi connectivity index (χ1v) is 10.7. The summed E-state index contributed by atoms with van der Waals surface area (Å²) in [6, 6.07) is 14.5. The van der Waals surface area contributed by atoms with E-state index in [4.69, 9.17) is 19.4 Å². The van der Waals surface area contributed by atoms with Crippen molar-refractivity contribution in [2.24, 2.45) is 0 Å². The lowest BCUT2D eigenvalue weighted by Gasteiger charge is -2.23. The average molecular weight is 441 g/mol. The van der Waals surface area contributed by atoms with E-state index in [1.165, 1.54) is 0 Å². The van der Waals surface area contributed by atoms with Crippen molar-refractivity contribution >= 4 is 28.0 Å². The Morgan fingerprint density at radius 1 is 0.970 bits per heavy atom. The van der Waals surface area contributed by atoms with E-state index < -0.39 is 5.97 Å². The molecule has 4 heterocycles. The predicted octanol–water partition coefficient (Wildman–Crippen LogP) is 4.70. The third-order valence-corrected chi connectivity index (χ3v) is 5.97. The monoisotopic (exact) mass is 441 g/mol. The maximum absolute atomic E-state index is 11.2. The van der Waals surface area contributed by atoms with Gasteiger partial charge in [0.1, 0.15) is 16.7 Å². The Labute approximate surface area is 187 Å². The number of aromatic nitrogens is 5. The molecule has 9 nitrogen and oxygen atoms in total. The van der Waals surface area contributed by atoms with Crippen LogP contribution in [0.3, 0.4) is 0 Å². The van der Waals surface area contributed by atoms with Gasteiger partial charge in [0.2, 0.25) is 0 Å². The van der Waals surface area contributed by atoms with Crippen LogP contribution < -0.4 is 0 Å². The number of carboxylic acids is 1. The number of hydrogen-bond donors (Lipinski definition) is 1. The Hall–Kier alpha value is -4.11. The molecule has 33 heavy (non-hydrogen) atoms. The summed E-state index contributed by atoms with van der Waals surface area (Å²) in [5.41, 5.74) is 5.69. The number of ether oxygens (including phenoxy) is 1. The van der Waals surface area contributed by atoms with Crippen molar-refractivity contribution in [1.82, 2.24) is 25.1 Å². The van der Waals surface area contributed by atoms with Gasteiger partial charge in [-0.1, -0.05) is 18.2 Å². The first-order chi connectivity index (χ1) is 16.2. The number of benzene rings is 2. The molecule has 1 atom stereocenters. The van der Waals surface area contributed by atoms with Crippen molar-refractivity contribution in [2.75, 3.05) is 6.61 Å². The van der Waals surface area contributed by atoms with Crippen LogP contribution >= 0.6 is 0 Å². The van der Waals surface area contributed by atoms with E-state index in [1.807, 2.05) is 28.9 Å². The number of fused-ring (bicyclic) bond motifs is 2. The van der Waals surface area contributed by atoms with E-state index in [2.05, 4.69) is 10.3 Å². The van der Waals surface area contributed by atoms with Crippen molar-refractivity contribution in [3.05, 3.63) is 60.3 Å². The highest BCUT2D eigenvalue weighted by Crippen LogP contribution is 2.35. The molecule has 3 aromatic heterocycles.